The molecule has 1 N–H and O–H groups in total. The summed E-state index contributed by atoms with van der Waals surface area (Å²) < 4.78 is 5.57. The fourth-order valence-electron chi connectivity index (χ4n) is 2.86. The van der Waals surface area contributed by atoms with Crippen LogP contribution in [0.5, 0.6) is 5.75 Å². The fourth-order valence-corrected chi connectivity index (χ4v) is 2.86. The van der Waals surface area contributed by atoms with Crippen LogP contribution in [0, 0.1) is 18.3 Å². The smallest absolute Gasteiger partial charge is 0.325 e. The van der Waals surface area contributed by atoms with Crippen molar-refractivity contribution < 1.29 is 14.3 Å². The SMILES string of the molecule is Cc1ccc(C2(C)NC(=O)N(CCOc3ccc(C#N)cc3)C2=O)cc1. The Kier molecular flexibility index (Phi) is 4.63. The number of imide groups is 1. The zero-order chi connectivity index (χ0) is 18.7. The van der Waals surface area contributed by atoms with E-state index in [9.17, 15) is 9.59 Å². The molecule has 1 saturated heterocycles. The van der Waals surface area contributed by atoms with Crippen molar-refractivity contribution in [2.24, 2.45) is 0 Å². The number of carbonyl (C=O) groups is 2. The van der Waals surface area contributed by atoms with Gasteiger partial charge >= 0.3 is 6.03 Å². The molecular weight excluding hydrogens is 330 g/mol. The predicted molar refractivity (Wildman–Crippen MR) is 95.4 cm³/mol. The van der Waals surface area contributed by atoms with Gasteiger partial charge in [-0.25, -0.2) is 4.79 Å². The highest BCUT2D eigenvalue weighted by Crippen LogP contribution is 2.28. The van der Waals surface area contributed by atoms with E-state index < -0.39 is 11.6 Å². The van der Waals surface area contributed by atoms with Gasteiger partial charge in [0.2, 0.25) is 0 Å². The Balaban J connectivity index is 1.65. The van der Waals surface area contributed by atoms with Crippen LogP contribution in [0.1, 0.15) is 23.6 Å². The first-order chi connectivity index (χ1) is 12.4. The number of nitriles is 1. The van der Waals surface area contributed by atoms with Gasteiger partial charge in [-0.05, 0) is 43.7 Å². The van der Waals surface area contributed by atoms with Crippen molar-refractivity contribution >= 4 is 11.9 Å². The first-order valence-electron chi connectivity index (χ1n) is 8.28. The van der Waals surface area contributed by atoms with Gasteiger partial charge in [0.05, 0.1) is 18.2 Å². The second-order valence-corrected chi connectivity index (χ2v) is 6.36. The van der Waals surface area contributed by atoms with Gasteiger partial charge in [0.1, 0.15) is 17.9 Å². The van der Waals surface area contributed by atoms with Crippen molar-refractivity contribution in [3.8, 4) is 11.8 Å². The standard InChI is InChI=1S/C20H19N3O3/c1-14-3-7-16(8-4-14)20(2)18(24)23(19(25)22-20)11-12-26-17-9-5-15(13-21)6-10-17/h3-10H,11-12H2,1-2H3,(H,22,25). The molecule has 132 valence electrons. The van der Waals surface area contributed by atoms with Crippen LogP contribution >= 0.6 is 0 Å². The van der Waals surface area contributed by atoms with Crippen LogP contribution in [0.2, 0.25) is 0 Å². The van der Waals surface area contributed by atoms with Crippen LogP contribution in [-0.4, -0.2) is 30.0 Å². The van der Waals surface area contributed by atoms with Crippen LogP contribution in [0.15, 0.2) is 48.5 Å². The molecule has 0 saturated carbocycles. The third kappa shape index (κ3) is 3.24. The van der Waals surface area contributed by atoms with Crippen molar-refractivity contribution in [2.75, 3.05) is 13.2 Å². The number of hydrogen-bond acceptors (Lipinski definition) is 4. The lowest BCUT2D eigenvalue weighted by atomic mass is 9.91. The van der Waals surface area contributed by atoms with Gasteiger partial charge in [0, 0.05) is 0 Å². The summed E-state index contributed by atoms with van der Waals surface area (Å²) in [7, 11) is 0. The number of aryl methyl sites for hydroxylation is 1. The number of rotatable bonds is 5. The molecule has 6 heteroatoms. The lowest BCUT2D eigenvalue weighted by molar-refractivity contribution is -0.131. The summed E-state index contributed by atoms with van der Waals surface area (Å²) in [6.45, 7) is 3.99. The molecule has 2 aromatic carbocycles. The Hall–Kier alpha value is -3.33. The molecule has 0 aromatic heterocycles. The highest BCUT2D eigenvalue weighted by molar-refractivity contribution is 6.07. The van der Waals surface area contributed by atoms with Crippen LogP contribution in [0.3, 0.4) is 0 Å². The number of ether oxygens (including phenoxy) is 1. The molecule has 3 rings (SSSR count). The molecule has 26 heavy (non-hydrogen) atoms. The van der Waals surface area contributed by atoms with E-state index in [1.807, 2.05) is 37.3 Å². The fraction of sp³-hybridized carbons (Fsp3) is 0.250. The van der Waals surface area contributed by atoms with Crippen LogP contribution in [0.4, 0.5) is 4.79 Å². The molecular formula is C20H19N3O3. The summed E-state index contributed by atoms with van der Waals surface area (Å²) in [5.74, 6) is 0.284. The van der Waals surface area contributed by atoms with Crippen molar-refractivity contribution in [1.29, 1.82) is 5.26 Å². The largest absolute Gasteiger partial charge is 0.492 e. The Morgan fingerprint density at radius 3 is 2.38 bits per heavy atom. The average Bonchev–Trinajstić information content (AvgIpc) is 2.86. The third-order valence-corrected chi connectivity index (χ3v) is 4.47. The number of hydrogen-bond donors (Lipinski definition) is 1. The van der Waals surface area contributed by atoms with E-state index in [-0.39, 0.29) is 19.1 Å². The molecule has 0 radical (unpaired) electrons. The molecule has 2 aromatic rings. The number of benzene rings is 2. The minimum atomic E-state index is -1.07. The van der Waals surface area contributed by atoms with Crippen LogP contribution in [0.25, 0.3) is 0 Å². The third-order valence-electron chi connectivity index (χ3n) is 4.47. The molecule has 6 nitrogen and oxygen atoms in total. The Bertz CT molecular complexity index is 869. The summed E-state index contributed by atoms with van der Waals surface area (Å²) in [6.07, 6.45) is 0. The average molecular weight is 349 g/mol. The highest BCUT2D eigenvalue weighted by atomic mass is 16.5. The first kappa shape index (κ1) is 17.5. The molecule has 3 amide bonds. The maximum Gasteiger partial charge on any atom is 0.325 e. The van der Waals surface area contributed by atoms with E-state index in [0.717, 1.165) is 11.1 Å². The lowest BCUT2D eigenvalue weighted by Crippen LogP contribution is -2.41. The highest BCUT2D eigenvalue weighted by Gasteiger charge is 2.48. The zero-order valence-electron chi connectivity index (χ0n) is 14.7. The van der Waals surface area contributed by atoms with Crippen molar-refractivity contribution in [1.82, 2.24) is 10.2 Å². The topological polar surface area (TPSA) is 82.4 Å². The second kappa shape index (κ2) is 6.89. The number of carbonyl (C=O) groups excluding carboxylic acids is 2. The minimum Gasteiger partial charge on any atom is -0.492 e. The molecule has 0 bridgehead atoms. The molecule has 0 aliphatic carbocycles. The first-order valence-corrected chi connectivity index (χ1v) is 8.28. The summed E-state index contributed by atoms with van der Waals surface area (Å²) >= 11 is 0. The summed E-state index contributed by atoms with van der Waals surface area (Å²) in [5, 5.41) is 11.6. The Morgan fingerprint density at radius 2 is 1.77 bits per heavy atom. The molecule has 0 spiro atoms. The van der Waals surface area contributed by atoms with Gasteiger partial charge in [0.25, 0.3) is 5.91 Å². The zero-order valence-corrected chi connectivity index (χ0v) is 14.7. The van der Waals surface area contributed by atoms with Gasteiger partial charge < -0.3 is 10.1 Å². The molecule has 1 aliphatic heterocycles. The van der Waals surface area contributed by atoms with Gasteiger partial charge in [0.15, 0.2) is 0 Å². The van der Waals surface area contributed by atoms with Crippen LogP contribution < -0.4 is 10.1 Å². The molecule has 1 heterocycles. The normalized spacial score (nSPS) is 19.2. The molecule has 1 unspecified atom stereocenters. The number of nitrogens with one attached hydrogen (secondary N) is 1. The van der Waals surface area contributed by atoms with E-state index in [1.54, 1.807) is 31.2 Å². The summed E-state index contributed by atoms with van der Waals surface area (Å²) in [6, 6.07) is 15.8. The lowest BCUT2D eigenvalue weighted by Gasteiger charge is -2.22. The molecule has 1 aliphatic rings. The van der Waals surface area contributed by atoms with Gasteiger partial charge in [-0.3, -0.25) is 9.69 Å². The maximum absolute atomic E-state index is 12.8. The summed E-state index contributed by atoms with van der Waals surface area (Å²) in [4.78, 5) is 26.2. The van der Waals surface area contributed by atoms with E-state index in [4.69, 9.17) is 10.00 Å². The van der Waals surface area contributed by atoms with E-state index in [1.165, 1.54) is 4.90 Å². The van der Waals surface area contributed by atoms with Crippen molar-refractivity contribution in [2.45, 2.75) is 19.4 Å². The van der Waals surface area contributed by atoms with Crippen LogP contribution in [-0.2, 0) is 10.3 Å². The number of urea groups is 1. The molecule has 1 atom stereocenters. The van der Waals surface area contributed by atoms with Gasteiger partial charge in [-0.2, -0.15) is 5.26 Å². The van der Waals surface area contributed by atoms with Gasteiger partial charge in [-0.15, -0.1) is 0 Å². The van der Waals surface area contributed by atoms with Gasteiger partial charge in [-0.1, -0.05) is 29.8 Å². The maximum atomic E-state index is 12.8. The van der Waals surface area contributed by atoms with E-state index in [0.29, 0.717) is 11.3 Å². The number of nitrogens with zero attached hydrogens (tertiary/aromatic N) is 2. The Labute approximate surface area is 152 Å². The van der Waals surface area contributed by atoms with E-state index >= 15 is 0 Å². The minimum absolute atomic E-state index is 0.145. The monoisotopic (exact) mass is 349 g/mol. The summed E-state index contributed by atoms with van der Waals surface area (Å²) in [5.41, 5.74) is 1.30. The predicted octanol–water partition coefficient (Wildman–Crippen LogP) is 2.71. The second-order valence-electron chi connectivity index (χ2n) is 6.36. The van der Waals surface area contributed by atoms with E-state index in [2.05, 4.69) is 5.32 Å². The van der Waals surface area contributed by atoms with Crippen molar-refractivity contribution in [3.05, 3.63) is 65.2 Å². The number of amides is 3. The van der Waals surface area contributed by atoms with Crippen molar-refractivity contribution in [3.63, 3.8) is 0 Å². The Morgan fingerprint density at radius 1 is 1.12 bits per heavy atom. The molecule has 1 fully saturated rings. The quantitative estimate of drug-likeness (QED) is 0.842.